The van der Waals surface area contributed by atoms with Crippen molar-refractivity contribution in [1.29, 1.82) is 0 Å². The van der Waals surface area contributed by atoms with Crippen LogP contribution in [-0.2, 0) is 43.9 Å². The van der Waals surface area contributed by atoms with Gasteiger partial charge in [-0.3, -0.25) is 0 Å². The Morgan fingerprint density at radius 1 is 0.394 bits per heavy atom. The highest BCUT2D eigenvalue weighted by Crippen LogP contribution is 2.22. The lowest BCUT2D eigenvalue weighted by Crippen LogP contribution is -2.62. The number of hydrogen-bond donors (Lipinski definition) is 1. The maximum absolute atomic E-state index is 9.48. The van der Waals surface area contributed by atoms with E-state index in [9.17, 15) is 4.80 Å². The first-order valence-electron chi connectivity index (χ1n) is 11.4. The summed E-state index contributed by atoms with van der Waals surface area (Å²) >= 11 is 0. The van der Waals surface area contributed by atoms with E-state index in [2.05, 4.69) is 0 Å². The molecule has 0 saturated carbocycles. The summed E-state index contributed by atoms with van der Waals surface area (Å²) in [6, 6.07) is 0. The molecule has 12 nitrogen and oxygen atoms in total. The summed E-state index contributed by atoms with van der Waals surface area (Å²) in [5, 5.41) is 0. The molecule has 0 aromatic rings. The van der Waals surface area contributed by atoms with Crippen molar-refractivity contribution in [2.75, 3.05) is 59.5 Å². The standard InChI is InChI=1S/C12H30O7Si2.C6H16O4Si.H2O/c1-7-13-20(14-8-2,15-9-3)19-21(16-10-4,17-11-5)18-12-6;1-4-8-11(7,9-5-2)10-6-3;/h7-12H2,1-6H3;7H,4-6H2,1-3H3;1H2. The van der Waals surface area contributed by atoms with Crippen molar-refractivity contribution in [3.05, 3.63) is 0 Å². The molecule has 0 rings (SSSR count). The number of rotatable bonds is 20. The fraction of sp³-hybridized carbons (Fsp3) is 1.00. The zero-order valence-corrected chi connectivity index (χ0v) is 24.9. The smallest absolute Gasteiger partial charge is 0.412 e. The molecule has 0 aliphatic rings. The molecule has 0 aliphatic heterocycles. The first-order chi connectivity index (χ1) is 15.3. The van der Waals surface area contributed by atoms with E-state index in [1.165, 1.54) is 0 Å². The minimum Gasteiger partial charge on any atom is -0.412 e. The zero-order valence-electron chi connectivity index (χ0n) is 21.9. The van der Waals surface area contributed by atoms with E-state index in [0.717, 1.165) is 0 Å². The first-order valence-corrected chi connectivity index (χ1v) is 16.4. The molecule has 0 aliphatic carbocycles. The minimum absolute atomic E-state index is 0. The molecule has 0 saturated heterocycles. The van der Waals surface area contributed by atoms with Crippen LogP contribution in [0.1, 0.15) is 62.3 Å². The molecule has 0 unspecified atom stereocenters. The van der Waals surface area contributed by atoms with Crippen LogP contribution in [0.5, 0.6) is 0 Å². The largest absolute Gasteiger partial charge is 0.676 e. The van der Waals surface area contributed by atoms with Crippen LogP contribution < -0.4 is 0 Å². The van der Waals surface area contributed by atoms with Gasteiger partial charge in [0.2, 0.25) is 0 Å². The average molecular weight is 541 g/mol. The van der Waals surface area contributed by atoms with Gasteiger partial charge in [0.05, 0.1) is 0 Å². The number of hydrogen-bond acceptors (Lipinski definition) is 11. The Kier molecular flexibility index (Phi) is 25.9. The fourth-order valence-electron chi connectivity index (χ4n) is 2.31. The Bertz CT molecular complexity index is 348. The van der Waals surface area contributed by atoms with Gasteiger partial charge in [0, 0.05) is 59.5 Å². The van der Waals surface area contributed by atoms with Crippen molar-refractivity contribution < 1.29 is 54.2 Å². The Balaban J connectivity index is -0.000000636. The third kappa shape index (κ3) is 16.5. The Labute approximate surface area is 203 Å². The summed E-state index contributed by atoms with van der Waals surface area (Å²) in [7, 11) is -9.96. The van der Waals surface area contributed by atoms with Gasteiger partial charge < -0.3 is 54.2 Å². The van der Waals surface area contributed by atoms with E-state index in [1.807, 2.05) is 41.5 Å². The van der Waals surface area contributed by atoms with E-state index in [-0.39, 0.29) is 5.48 Å². The molecule has 0 radical (unpaired) electrons. The van der Waals surface area contributed by atoms with Crippen molar-refractivity contribution in [2.45, 2.75) is 62.3 Å². The van der Waals surface area contributed by atoms with E-state index in [4.69, 9.17) is 43.9 Å². The van der Waals surface area contributed by atoms with Crippen LogP contribution in [0, 0.1) is 0 Å². The van der Waals surface area contributed by atoms with E-state index in [0.29, 0.717) is 59.5 Å². The van der Waals surface area contributed by atoms with Crippen molar-refractivity contribution in [3.63, 3.8) is 0 Å². The monoisotopic (exact) mass is 540 g/mol. The maximum Gasteiger partial charge on any atom is 0.676 e. The minimum atomic E-state index is -3.36. The molecular weight excluding hydrogens is 492 g/mol. The predicted molar refractivity (Wildman–Crippen MR) is 129 cm³/mol. The summed E-state index contributed by atoms with van der Waals surface area (Å²) < 4.78 is 54.9. The highest BCUT2D eigenvalue weighted by Gasteiger charge is 2.59. The zero-order chi connectivity index (χ0) is 24.9. The quantitative estimate of drug-likeness (QED) is 0.226. The van der Waals surface area contributed by atoms with Gasteiger partial charge >= 0.3 is 27.1 Å². The Morgan fingerprint density at radius 2 is 0.576 bits per heavy atom. The van der Waals surface area contributed by atoms with Gasteiger partial charge in [-0.1, -0.05) is 0 Å². The molecule has 0 amide bonds. The second kappa shape index (κ2) is 22.6. The van der Waals surface area contributed by atoms with Gasteiger partial charge in [0.15, 0.2) is 0 Å². The highest BCUT2D eigenvalue weighted by atomic mass is 28.5. The van der Waals surface area contributed by atoms with Gasteiger partial charge in [-0.25, -0.2) is 0 Å². The third-order valence-electron chi connectivity index (χ3n) is 3.16. The normalized spacial score (nSPS) is 12.2. The van der Waals surface area contributed by atoms with Crippen LogP contribution in [0.4, 0.5) is 0 Å². The van der Waals surface area contributed by atoms with Gasteiger partial charge in [-0.05, 0) is 62.3 Å². The average Bonchev–Trinajstić information content (AvgIpc) is 2.70. The van der Waals surface area contributed by atoms with E-state index < -0.39 is 27.1 Å². The molecule has 0 aromatic carbocycles. The summed E-state index contributed by atoms with van der Waals surface area (Å²) in [6.07, 6.45) is 0. The van der Waals surface area contributed by atoms with Crippen molar-refractivity contribution in [2.24, 2.45) is 0 Å². The van der Waals surface area contributed by atoms with Crippen LogP contribution in [0.15, 0.2) is 0 Å². The topological polar surface area (TPSA) is 144 Å². The van der Waals surface area contributed by atoms with Crippen molar-refractivity contribution >= 4 is 27.1 Å². The Hall–Kier alpha value is 0.171. The van der Waals surface area contributed by atoms with Crippen molar-refractivity contribution in [3.8, 4) is 0 Å². The fourth-order valence-corrected chi connectivity index (χ4v) is 8.92. The maximum atomic E-state index is 9.48. The van der Waals surface area contributed by atoms with E-state index in [1.54, 1.807) is 20.8 Å². The van der Waals surface area contributed by atoms with E-state index >= 15 is 0 Å². The predicted octanol–water partition coefficient (Wildman–Crippen LogP) is 1.79. The molecule has 204 valence electrons. The lowest BCUT2D eigenvalue weighted by atomic mass is 10.9. The highest BCUT2D eigenvalue weighted by molar-refractivity contribution is 6.68. The first kappa shape index (κ1) is 37.7. The lowest BCUT2D eigenvalue weighted by Gasteiger charge is -2.34. The summed E-state index contributed by atoms with van der Waals surface area (Å²) in [6.45, 7) is 20.1. The molecule has 0 atom stereocenters. The van der Waals surface area contributed by atoms with Crippen molar-refractivity contribution in [1.82, 2.24) is 0 Å². The molecule has 33 heavy (non-hydrogen) atoms. The molecule has 0 spiro atoms. The molecule has 3 N–H and O–H groups in total. The van der Waals surface area contributed by atoms with Crippen LogP contribution in [0.2, 0.25) is 0 Å². The Morgan fingerprint density at radius 3 is 0.727 bits per heavy atom. The SMILES string of the molecule is CCO[Si](O)(OCC)OCC.CCO[Si](OCC)(OCC)O[Si](OCC)(OCC)OCC.O. The molecular formula is C18H48O12Si3. The van der Waals surface area contributed by atoms with Gasteiger partial charge in [-0.15, -0.1) is 0 Å². The second-order valence-corrected chi connectivity index (χ2v) is 12.0. The van der Waals surface area contributed by atoms with Crippen LogP contribution in [0.25, 0.3) is 0 Å². The molecule has 0 aromatic heterocycles. The van der Waals surface area contributed by atoms with Gasteiger partial charge in [0.25, 0.3) is 0 Å². The molecule has 0 bridgehead atoms. The van der Waals surface area contributed by atoms with Crippen LogP contribution >= 0.6 is 0 Å². The molecule has 0 heterocycles. The van der Waals surface area contributed by atoms with Crippen LogP contribution in [0.3, 0.4) is 0 Å². The third-order valence-corrected chi connectivity index (χ3v) is 11.0. The van der Waals surface area contributed by atoms with Gasteiger partial charge in [-0.2, -0.15) is 0 Å². The lowest BCUT2D eigenvalue weighted by molar-refractivity contribution is -0.0606. The summed E-state index contributed by atoms with van der Waals surface area (Å²) in [5.74, 6) is 0. The molecule has 0 fully saturated rings. The second-order valence-electron chi connectivity index (χ2n) is 5.52. The molecule has 15 heteroatoms. The van der Waals surface area contributed by atoms with Gasteiger partial charge in [0.1, 0.15) is 0 Å². The van der Waals surface area contributed by atoms with Crippen LogP contribution in [-0.4, -0.2) is 96.9 Å². The summed E-state index contributed by atoms with van der Waals surface area (Å²) in [4.78, 5) is 9.48. The summed E-state index contributed by atoms with van der Waals surface area (Å²) in [5.41, 5.74) is 0.